The fraction of sp³-hybridized carbons (Fsp3) is 0.357. The number of amides is 1. The maximum atomic E-state index is 12.6. The number of rotatable bonds is 9. The lowest BCUT2D eigenvalue weighted by molar-refractivity contribution is -0.385. The molecule has 13 heteroatoms. The molecule has 0 saturated heterocycles. The van der Waals surface area contributed by atoms with Crippen molar-refractivity contribution in [3.63, 3.8) is 0 Å². The van der Waals surface area contributed by atoms with Gasteiger partial charge < -0.3 is 10.5 Å². The van der Waals surface area contributed by atoms with Crippen LogP contribution in [0.1, 0.15) is 18.9 Å². The van der Waals surface area contributed by atoms with Crippen molar-refractivity contribution in [2.45, 2.75) is 23.1 Å². The number of nitrogens with two attached hydrogens (primary N) is 2. The van der Waals surface area contributed by atoms with E-state index in [1.54, 1.807) is 0 Å². The molecule has 1 unspecified atom stereocenters. The number of alkyl carbamates (subject to hydrolysis) is 1. The Morgan fingerprint density at radius 3 is 2.56 bits per heavy atom. The number of benzene rings is 1. The van der Waals surface area contributed by atoms with Gasteiger partial charge in [-0.3, -0.25) is 15.4 Å². The summed E-state index contributed by atoms with van der Waals surface area (Å²) < 4.78 is 33.7. The molecule has 0 bridgehead atoms. The van der Waals surface area contributed by atoms with Gasteiger partial charge in [0.25, 0.3) is 5.69 Å². The molecule has 5 N–H and O–H groups in total. The predicted octanol–water partition coefficient (Wildman–Crippen LogP) is 1.30. The van der Waals surface area contributed by atoms with E-state index < -0.39 is 43.0 Å². The van der Waals surface area contributed by atoms with Gasteiger partial charge in [-0.25, -0.2) is 4.79 Å². The first-order valence-corrected chi connectivity index (χ1v) is 9.82. The summed E-state index contributed by atoms with van der Waals surface area (Å²) >= 11 is 1.32. The van der Waals surface area contributed by atoms with Crippen LogP contribution >= 0.6 is 11.8 Å². The van der Waals surface area contributed by atoms with Gasteiger partial charge in [-0.15, -0.1) is 11.8 Å². The largest absolute Gasteiger partial charge is 0.453 e. The highest BCUT2D eigenvalue weighted by molar-refractivity contribution is 7.99. The van der Waals surface area contributed by atoms with E-state index in [0.29, 0.717) is 10.6 Å². The minimum absolute atomic E-state index is 0.489. The Balaban J connectivity index is 3.91. The maximum absolute atomic E-state index is 12.6. The Morgan fingerprint density at radius 1 is 1.48 bits per heavy atom. The number of thioether (sulfide) groups is 1. The molecule has 0 aromatic heterocycles. The monoisotopic (exact) mass is 420 g/mol. The van der Waals surface area contributed by atoms with Gasteiger partial charge in [-0.05, 0) is 24.3 Å². The van der Waals surface area contributed by atoms with E-state index in [1.165, 1.54) is 23.9 Å². The zero-order valence-electron chi connectivity index (χ0n) is 14.6. The van der Waals surface area contributed by atoms with Crippen molar-refractivity contribution in [1.29, 1.82) is 0 Å². The molecule has 1 rings (SSSR count). The van der Waals surface area contributed by atoms with Crippen molar-refractivity contribution in [1.82, 2.24) is 5.32 Å². The number of nitrogens with zero attached hydrogens (tertiary/aromatic N) is 1. The summed E-state index contributed by atoms with van der Waals surface area (Å²) in [5.74, 6) is 5.54. The van der Waals surface area contributed by atoms with Gasteiger partial charge in [0.1, 0.15) is 0 Å². The van der Waals surface area contributed by atoms with Gasteiger partial charge in [-0.1, -0.05) is 13.5 Å². The average Bonchev–Trinajstić information content (AvgIpc) is 2.63. The fourth-order valence-corrected chi connectivity index (χ4v) is 4.12. The number of methoxy groups -OCH3 is 1. The summed E-state index contributed by atoms with van der Waals surface area (Å²) in [6, 6.07) is 3.75. The smallest absolute Gasteiger partial charge is 0.408 e. The number of hydrogen-bond acceptors (Lipinski definition) is 10. The average molecular weight is 420 g/mol. The van der Waals surface area contributed by atoms with Gasteiger partial charge in [0, 0.05) is 11.0 Å². The second-order valence-corrected chi connectivity index (χ2v) is 8.04. The van der Waals surface area contributed by atoms with E-state index in [-0.39, 0.29) is 0 Å². The molecule has 0 fully saturated rings. The predicted molar refractivity (Wildman–Crippen MR) is 98.8 cm³/mol. The fourth-order valence-electron chi connectivity index (χ4n) is 2.21. The molecule has 0 radical (unpaired) electrons. The standard InChI is InChI=1S/C14H20N4O7S2/c1-4-7-26-10-5-6-12(18(20)21)11(8-10)14(9(2)15,17-13(19)24-3)27(22,23)25-16/h5-6,8H,2,4,7,15-16H2,1,3H3,(H,17,19). The van der Waals surface area contributed by atoms with Crippen LogP contribution in [0.25, 0.3) is 0 Å². The van der Waals surface area contributed by atoms with Crippen LogP contribution in [0.15, 0.2) is 35.4 Å². The highest BCUT2D eigenvalue weighted by Crippen LogP contribution is 2.40. The topological polar surface area (TPSA) is 177 Å². The molecule has 150 valence electrons. The van der Waals surface area contributed by atoms with Crippen LogP contribution in [-0.4, -0.2) is 32.3 Å². The van der Waals surface area contributed by atoms with E-state index in [9.17, 15) is 23.3 Å². The third-order valence-electron chi connectivity index (χ3n) is 3.43. The van der Waals surface area contributed by atoms with Crippen LogP contribution in [0, 0.1) is 10.1 Å². The molecule has 0 aliphatic carbocycles. The number of hydrogen-bond donors (Lipinski definition) is 3. The maximum Gasteiger partial charge on any atom is 0.408 e. The Labute approximate surface area is 160 Å². The molecule has 27 heavy (non-hydrogen) atoms. The van der Waals surface area contributed by atoms with E-state index in [0.717, 1.165) is 19.6 Å². The van der Waals surface area contributed by atoms with Crippen LogP contribution in [-0.2, 0) is 24.0 Å². The van der Waals surface area contributed by atoms with Crippen molar-refractivity contribution in [2.24, 2.45) is 11.6 Å². The zero-order chi connectivity index (χ0) is 20.8. The number of ether oxygens (including phenoxy) is 1. The first-order chi connectivity index (χ1) is 12.6. The van der Waals surface area contributed by atoms with Crippen molar-refractivity contribution < 1.29 is 27.2 Å². The molecule has 0 aliphatic heterocycles. The van der Waals surface area contributed by atoms with Crippen LogP contribution in [0.5, 0.6) is 0 Å². The molecule has 0 saturated carbocycles. The molecule has 0 heterocycles. The summed E-state index contributed by atoms with van der Waals surface area (Å²) in [7, 11) is -3.98. The van der Waals surface area contributed by atoms with Gasteiger partial charge in [-0.2, -0.15) is 18.6 Å². The third kappa shape index (κ3) is 4.50. The Bertz CT molecular complexity index is 844. The van der Waals surface area contributed by atoms with Crippen molar-refractivity contribution >= 4 is 33.7 Å². The van der Waals surface area contributed by atoms with Crippen molar-refractivity contribution in [3.8, 4) is 0 Å². The molecule has 1 aromatic rings. The molecule has 11 nitrogen and oxygen atoms in total. The number of nitrogens with one attached hydrogen (secondary N) is 1. The highest BCUT2D eigenvalue weighted by Gasteiger charge is 2.54. The third-order valence-corrected chi connectivity index (χ3v) is 6.22. The Kier molecular flexibility index (Phi) is 7.59. The van der Waals surface area contributed by atoms with Gasteiger partial charge in [0.15, 0.2) is 0 Å². The van der Waals surface area contributed by atoms with E-state index in [1.807, 2.05) is 12.2 Å². The van der Waals surface area contributed by atoms with Gasteiger partial charge in [0.05, 0.1) is 23.3 Å². The number of nitro benzene ring substituents is 1. The molecule has 1 aromatic carbocycles. The molecule has 1 atom stereocenters. The molecule has 0 aliphatic rings. The number of carbonyl (C=O) groups is 1. The van der Waals surface area contributed by atoms with E-state index >= 15 is 0 Å². The van der Waals surface area contributed by atoms with Gasteiger partial charge in [0.2, 0.25) is 4.87 Å². The van der Waals surface area contributed by atoms with Crippen LogP contribution in [0.3, 0.4) is 0 Å². The first-order valence-electron chi connectivity index (χ1n) is 7.43. The van der Waals surface area contributed by atoms with Crippen LogP contribution in [0.4, 0.5) is 10.5 Å². The molecular weight excluding hydrogens is 400 g/mol. The zero-order valence-corrected chi connectivity index (χ0v) is 16.3. The normalized spacial score (nSPS) is 13.4. The Morgan fingerprint density at radius 2 is 2.11 bits per heavy atom. The first kappa shape index (κ1) is 22.7. The van der Waals surface area contributed by atoms with E-state index in [2.05, 4.69) is 15.6 Å². The Hall–Kier alpha value is -2.35. The summed E-state index contributed by atoms with van der Waals surface area (Å²) in [5, 5.41) is 13.5. The molecular formula is C14H20N4O7S2. The minimum atomic E-state index is -4.95. The van der Waals surface area contributed by atoms with Crippen LogP contribution in [0.2, 0.25) is 0 Å². The van der Waals surface area contributed by atoms with Crippen molar-refractivity contribution in [3.05, 3.63) is 46.2 Å². The summed E-state index contributed by atoms with van der Waals surface area (Å²) in [4.78, 5) is 20.3. The van der Waals surface area contributed by atoms with Crippen LogP contribution < -0.4 is 16.9 Å². The number of carbonyl (C=O) groups excluding carboxylic acids is 1. The van der Waals surface area contributed by atoms with E-state index in [4.69, 9.17) is 11.6 Å². The minimum Gasteiger partial charge on any atom is -0.453 e. The summed E-state index contributed by atoms with van der Waals surface area (Å²) in [6.45, 7) is 5.29. The van der Waals surface area contributed by atoms with Crippen molar-refractivity contribution in [2.75, 3.05) is 12.9 Å². The SMILES string of the molecule is C=C(N)C(NC(=O)OC)(c1cc(SCCC)ccc1[N+](=O)[O-])S(=O)(=O)ON. The lowest BCUT2D eigenvalue weighted by Gasteiger charge is -2.32. The second-order valence-electron chi connectivity index (χ2n) is 5.16. The molecule has 0 spiro atoms. The second kappa shape index (κ2) is 9.03. The molecule has 1 amide bonds. The number of nitro groups is 1. The summed E-state index contributed by atoms with van der Waals surface area (Å²) in [6.07, 6.45) is -0.445. The lowest BCUT2D eigenvalue weighted by atomic mass is 10.0. The highest BCUT2D eigenvalue weighted by atomic mass is 32.2. The van der Waals surface area contributed by atoms with Gasteiger partial charge >= 0.3 is 16.2 Å². The summed E-state index contributed by atoms with van der Waals surface area (Å²) in [5.41, 5.74) is 3.87. The lowest BCUT2D eigenvalue weighted by Crippen LogP contribution is -2.56. The quantitative estimate of drug-likeness (QED) is 0.299.